The number of hydrogen-bond acceptors (Lipinski definition) is 2. The average molecular weight is 358 g/mol. The molecule has 20 heavy (non-hydrogen) atoms. The summed E-state index contributed by atoms with van der Waals surface area (Å²) in [5.41, 5.74) is 5.58. The molecule has 0 saturated carbocycles. The number of nitrogens with one attached hydrogen (secondary N) is 1. The van der Waals surface area contributed by atoms with Crippen molar-refractivity contribution in [3.05, 3.63) is 68.4 Å². The number of aryl methyl sites for hydroxylation is 1. The van der Waals surface area contributed by atoms with Gasteiger partial charge in [-0.1, -0.05) is 39.7 Å². The van der Waals surface area contributed by atoms with E-state index in [1.165, 1.54) is 12.1 Å². The number of nitrogens with two attached hydrogens (primary N) is 1. The second-order valence-electron chi connectivity index (χ2n) is 4.66. The van der Waals surface area contributed by atoms with Gasteiger partial charge in [0.05, 0.1) is 6.04 Å². The van der Waals surface area contributed by atoms with Crippen LogP contribution in [-0.4, -0.2) is 0 Å². The Hall–Kier alpha value is -0.940. The lowest BCUT2D eigenvalue weighted by molar-refractivity contribution is 0.547. The highest BCUT2D eigenvalue weighted by molar-refractivity contribution is 9.10. The summed E-state index contributed by atoms with van der Waals surface area (Å²) < 4.78 is 14.3. The Morgan fingerprint density at radius 3 is 2.70 bits per heavy atom. The summed E-state index contributed by atoms with van der Waals surface area (Å²) in [5.74, 6) is 5.39. The van der Waals surface area contributed by atoms with Crippen LogP contribution in [0.15, 0.2) is 40.9 Å². The molecule has 1 atom stereocenters. The molecule has 0 heterocycles. The van der Waals surface area contributed by atoms with Crippen LogP contribution in [0.2, 0.25) is 5.02 Å². The highest BCUT2D eigenvalue weighted by atomic mass is 79.9. The van der Waals surface area contributed by atoms with Crippen LogP contribution in [0.5, 0.6) is 0 Å². The molecule has 0 aromatic heterocycles. The number of benzene rings is 2. The van der Waals surface area contributed by atoms with Crippen molar-refractivity contribution in [2.45, 2.75) is 19.4 Å². The van der Waals surface area contributed by atoms with Crippen molar-refractivity contribution < 1.29 is 4.39 Å². The molecular weight excluding hydrogens is 343 g/mol. The Morgan fingerprint density at radius 1 is 1.30 bits per heavy atom. The fourth-order valence-corrected chi connectivity index (χ4v) is 2.93. The van der Waals surface area contributed by atoms with Crippen LogP contribution in [0.25, 0.3) is 0 Å². The van der Waals surface area contributed by atoms with Gasteiger partial charge in [0, 0.05) is 9.50 Å². The van der Waals surface area contributed by atoms with Crippen LogP contribution in [0, 0.1) is 12.7 Å². The third-order valence-electron chi connectivity index (χ3n) is 3.27. The fourth-order valence-electron chi connectivity index (χ4n) is 2.12. The van der Waals surface area contributed by atoms with Crippen LogP contribution >= 0.6 is 27.5 Å². The maximum absolute atomic E-state index is 13.4. The topological polar surface area (TPSA) is 38.0 Å². The molecule has 2 aromatic rings. The standard InChI is InChI=1S/C15H15BrClFN2/c1-9-2-4-12(18)6-10(9)7-15(20-19)13-5-3-11(16)8-14(13)17/h2-6,8,15,20H,7,19H2,1H3. The third kappa shape index (κ3) is 3.58. The summed E-state index contributed by atoms with van der Waals surface area (Å²) in [7, 11) is 0. The molecule has 3 N–H and O–H groups in total. The van der Waals surface area contributed by atoms with Crippen LogP contribution in [-0.2, 0) is 6.42 Å². The summed E-state index contributed by atoms with van der Waals surface area (Å²) in [6, 6.07) is 10.2. The van der Waals surface area contributed by atoms with E-state index in [0.717, 1.165) is 21.2 Å². The maximum atomic E-state index is 13.4. The molecule has 2 nitrogen and oxygen atoms in total. The molecule has 5 heteroatoms. The molecular formula is C15H15BrClFN2. The third-order valence-corrected chi connectivity index (χ3v) is 4.09. The molecule has 0 aliphatic heterocycles. The van der Waals surface area contributed by atoms with Gasteiger partial charge in [0.15, 0.2) is 0 Å². The minimum atomic E-state index is -0.247. The van der Waals surface area contributed by atoms with E-state index >= 15 is 0 Å². The van der Waals surface area contributed by atoms with Crippen LogP contribution < -0.4 is 11.3 Å². The van der Waals surface area contributed by atoms with E-state index in [0.29, 0.717) is 11.4 Å². The van der Waals surface area contributed by atoms with Gasteiger partial charge >= 0.3 is 0 Å². The van der Waals surface area contributed by atoms with E-state index in [-0.39, 0.29) is 11.9 Å². The average Bonchev–Trinajstić information content (AvgIpc) is 2.40. The zero-order valence-electron chi connectivity index (χ0n) is 11.0. The highest BCUT2D eigenvalue weighted by Gasteiger charge is 2.15. The van der Waals surface area contributed by atoms with Crippen LogP contribution in [0.4, 0.5) is 4.39 Å². The molecule has 0 fully saturated rings. The Labute approximate surface area is 131 Å². The summed E-state index contributed by atoms with van der Waals surface area (Å²) in [6.45, 7) is 1.95. The van der Waals surface area contributed by atoms with E-state index in [4.69, 9.17) is 17.4 Å². The molecule has 0 bridgehead atoms. The molecule has 0 spiro atoms. The van der Waals surface area contributed by atoms with Gasteiger partial charge in [-0.3, -0.25) is 11.3 Å². The van der Waals surface area contributed by atoms with Crippen molar-refractivity contribution in [1.29, 1.82) is 0 Å². The predicted molar refractivity (Wildman–Crippen MR) is 84.1 cm³/mol. The first-order valence-corrected chi connectivity index (χ1v) is 7.34. The van der Waals surface area contributed by atoms with Gasteiger partial charge in [0.1, 0.15) is 5.82 Å². The van der Waals surface area contributed by atoms with E-state index in [2.05, 4.69) is 21.4 Å². The Morgan fingerprint density at radius 2 is 2.05 bits per heavy atom. The highest BCUT2D eigenvalue weighted by Crippen LogP contribution is 2.29. The number of rotatable bonds is 4. The van der Waals surface area contributed by atoms with Gasteiger partial charge in [0.2, 0.25) is 0 Å². The second kappa shape index (κ2) is 6.68. The lowest BCUT2D eigenvalue weighted by atomic mass is 9.96. The first-order chi connectivity index (χ1) is 9.51. The van der Waals surface area contributed by atoms with Crippen molar-refractivity contribution >= 4 is 27.5 Å². The van der Waals surface area contributed by atoms with Crippen molar-refractivity contribution in [1.82, 2.24) is 5.43 Å². The molecule has 106 valence electrons. The summed E-state index contributed by atoms with van der Waals surface area (Å²) in [6.07, 6.45) is 0.571. The van der Waals surface area contributed by atoms with Gasteiger partial charge in [-0.05, 0) is 54.3 Å². The zero-order valence-corrected chi connectivity index (χ0v) is 13.3. The van der Waals surface area contributed by atoms with Gasteiger partial charge < -0.3 is 0 Å². The molecule has 0 aliphatic carbocycles. The first-order valence-electron chi connectivity index (χ1n) is 6.17. The number of hydrazine groups is 1. The van der Waals surface area contributed by atoms with Gasteiger partial charge in [-0.15, -0.1) is 0 Å². The number of hydrogen-bond donors (Lipinski definition) is 2. The monoisotopic (exact) mass is 356 g/mol. The minimum Gasteiger partial charge on any atom is -0.271 e. The fraction of sp³-hybridized carbons (Fsp3) is 0.200. The second-order valence-corrected chi connectivity index (χ2v) is 5.98. The van der Waals surface area contributed by atoms with Gasteiger partial charge in [0.25, 0.3) is 0 Å². The van der Waals surface area contributed by atoms with Crippen molar-refractivity contribution in [2.75, 3.05) is 0 Å². The van der Waals surface area contributed by atoms with Gasteiger partial charge in [-0.25, -0.2) is 4.39 Å². The van der Waals surface area contributed by atoms with E-state index in [1.807, 2.05) is 25.1 Å². The molecule has 1 unspecified atom stereocenters. The predicted octanol–water partition coefficient (Wildman–Crippen LogP) is 4.30. The summed E-state index contributed by atoms with van der Waals surface area (Å²) >= 11 is 9.61. The van der Waals surface area contributed by atoms with Crippen LogP contribution in [0.1, 0.15) is 22.7 Å². The van der Waals surface area contributed by atoms with E-state index in [9.17, 15) is 4.39 Å². The lowest BCUT2D eigenvalue weighted by Crippen LogP contribution is -2.30. The largest absolute Gasteiger partial charge is 0.271 e. The van der Waals surface area contributed by atoms with Gasteiger partial charge in [-0.2, -0.15) is 0 Å². The lowest BCUT2D eigenvalue weighted by Gasteiger charge is -2.19. The normalized spacial score (nSPS) is 12.4. The van der Waals surface area contributed by atoms with Crippen molar-refractivity contribution in [3.8, 4) is 0 Å². The minimum absolute atomic E-state index is 0.170. The quantitative estimate of drug-likeness (QED) is 0.632. The molecule has 0 amide bonds. The Bertz CT molecular complexity index is 619. The van der Waals surface area contributed by atoms with Crippen molar-refractivity contribution in [2.24, 2.45) is 5.84 Å². The first kappa shape index (κ1) is 15.4. The molecule has 2 rings (SSSR count). The SMILES string of the molecule is Cc1ccc(F)cc1CC(NN)c1ccc(Br)cc1Cl. The molecule has 0 radical (unpaired) electrons. The Kier molecular flexibility index (Phi) is 5.16. The molecule has 0 aliphatic rings. The van der Waals surface area contributed by atoms with Crippen LogP contribution in [0.3, 0.4) is 0 Å². The van der Waals surface area contributed by atoms with Crippen molar-refractivity contribution in [3.63, 3.8) is 0 Å². The Balaban J connectivity index is 2.31. The maximum Gasteiger partial charge on any atom is 0.123 e. The summed E-state index contributed by atoms with van der Waals surface area (Å²) in [4.78, 5) is 0. The smallest absolute Gasteiger partial charge is 0.123 e. The zero-order chi connectivity index (χ0) is 14.7. The summed E-state index contributed by atoms with van der Waals surface area (Å²) in [5, 5.41) is 0.622. The molecule has 2 aromatic carbocycles. The number of halogens is 3. The van der Waals surface area contributed by atoms with E-state index in [1.54, 1.807) is 6.07 Å². The molecule has 0 saturated heterocycles. The van der Waals surface area contributed by atoms with E-state index < -0.39 is 0 Å².